The first-order valence-electron chi connectivity index (χ1n) is 10.5. The molecule has 1 heterocycles. The fourth-order valence-electron chi connectivity index (χ4n) is 4.22. The standard InChI is InChI=1S/C28H28O/c1-2-26(22-12-6-3-7-13-22)28-21-29-20-25(28)18-19-27(23-14-8-4-9-15-23)24-16-10-5-11-17-24/h3-19,25,27H,2,20-21H2,1H3/b19-18+,28-26-. The second kappa shape index (κ2) is 9.54. The van der Waals surface area contributed by atoms with E-state index < -0.39 is 0 Å². The molecule has 4 rings (SSSR count). The maximum Gasteiger partial charge on any atom is 0.0689 e. The van der Waals surface area contributed by atoms with Gasteiger partial charge in [0.15, 0.2) is 0 Å². The quantitative estimate of drug-likeness (QED) is 0.423. The molecule has 0 aliphatic carbocycles. The first kappa shape index (κ1) is 19.4. The minimum absolute atomic E-state index is 0.251. The van der Waals surface area contributed by atoms with Gasteiger partial charge in [-0.1, -0.05) is 110 Å². The Kier molecular flexibility index (Phi) is 6.38. The van der Waals surface area contributed by atoms with Crippen LogP contribution in [0.1, 0.15) is 36.0 Å². The van der Waals surface area contributed by atoms with Crippen LogP contribution in [-0.2, 0) is 4.74 Å². The zero-order valence-electron chi connectivity index (χ0n) is 17.0. The number of hydrogen-bond donors (Lipinski definition) is 0. The minimum Gasteiger partial charge on any atom is -0.376 e. The normalized spacial score (nSPS) is 18.5. The highest BCUT2D eigenvalue weighted by atomic mass is 16.5. The molecule has 3 aromatic carbocycles. The van der Waals surface area contributed by atoms with Gasteiger partial charge in [-0.15, -0.1) is 0 Å². The van der Waals surface area contributed by atoms with Crippen molar-refractivity contribution in [1.29, 1.82) is 0 Å². The van der Waals surface area contributed by atoms with Gasteiger partial charge in [-0.2, -0.15) is 0 Å². The predicted molar refractivity (Wildman–Crippen MR) is 122 cm³/mol. The van der Waals surface area contributed by atoms with Gasteiger partial charge in [-0.05, 0) is 34.3 Å². The summed E-state index contributed by atoms with van der Waals surface area (Å²) in [7, 11) is 0. The second-order valence-corrected chi connectivity index (χ2v) is 7.53. The van der Waals surface area contributed by atoms with Crippen molar-refractivity contribution in [2.75, 3.05) is 13.2 Å². The highest BCUT2D eigenvalue weighted by Gasteiger charge is 2.23. The van der Waals surface area contributed by atoms with Gasteiger partial charge in [0.25, 0.3) is 0 Å². The van der Waals surface area contributed by atoms with Gasteiger partial charge in [0, 0.05) is 11.8 Å². The SMILES string of the molecule is CC/C(=C1\COCC1/C=C/C(c1ccccc1)c1ccccc1)c1ccccc1. The summed E-state index contributed by atoms with van der Waals surface area (Å²) in [4.78, 5) is 0. The summed E-state index contributed by atoms with van der Waals surface area (Å²) in [5.41, 5.74) is 6.80. The van der Waals surface area contributed by atoms with Crippen LogP contribution in [0.5, 0.6) is 0 Å². The van der Waals surface area contributed by atoms with Gasteiger partial charge in [0.1, 0.15) is 0 Å². The Morgan fingerprint density at radius 1 is 0.862 bits per heavy atom. The van der Waals surface area contributed by atoms with Crippen LogP contribution in [0.3, 0.4) is 0 Å². The summed E-state index contributed by atoms with van der Waals surface area (Å²) in [5, 5.41) is 0. The summed E-state index contributed by atoms with van der Waals surface area (Å²) in [6.45, 7) is 3.73. The summed E-state index contributed by atoms with van der Waals surface area (Å²) in [6, 6.07) is 32.2. The van der Waals surface area contributed by atoms with Gasteiger partial charge < -0.3 is 4.74 Å². The molecule has 146 valence electrons. The number of rotatable bonds is 6. The molecule has 1 aliphatic rings. The summed E-state index contributed by atoms with van der Waals surface area (Å²) in [6.07, 6.45) is 5.75. The van der Waals surface area contributed by atoms with Crippen LogP contribution in [0.25, 0.3) is 5.57 Å². The van der Waals surface area contributed by atoms with Crippen LogP contribution in [-0.4, -0.2) is 13.2 Å². The molecule has 0 bridgehead atoms. The molecule has 1 aliphatic heterocycles. The number of benzene rings is 3. The van der Waals surface area contributed by atoms with Crippen molar-refractivity contribution in [2.24, 2.45) is 5.92 Å². The topological polar surface area (TPSA) is 9.23 Å². The third-order valence-electron chi connectivity index (χ3n) is 5.72. The fourth-order valence-corrected chi connectivity index (χ4v) is 4.22. The van der Waals surface area contributed by atoms with Gasteiger partial charge in [0.05, 0.1) is 13.2 Å². The maximum absolute atomic E-state index is 5.91. The van der Waals surface area contributed by atoms with Crippen LogP contribution in [0.15, 0.2) is 109 Å². The van der Waals surface area contributed by atoms with Gasteiger partial charge in [-0.25, -0.2) is 0 Å². The first-order valence-corrected chi connectivity index (χ1v) is 10.5. The average molecular weight is 381 g/mol. The van der Waals surface area contributed by atoms with E-state index in [0.29, 0.717) is 5.92 Å². The minimum atomic E-state index is 0.251. The molecule has 1 atom stereocenters. The lowest BCUT2D eigenvalue weighted by Crippen LogP contribution is -2.04. The third-order valence-corrected chi connectivity index (χ3v) is 5.72. The van der Waals surface area contributed by atoms with E-state index in [-0.39, 0.29) is 5.92 Å². The van der Waals surface area contributed by atoms with Gasteiger partial charge in [-0.3, -0.25) is 0 Å². The molecule has 0 N–H and O–H groups in total. The van der Waals surface area contributed by atoms with E-state index in [0.717, 1.165) is 19.6 Å². The highest BCUT2D eigenvalue weighted by Crippen LogP contribution is 2.33. The van der Waals surface area contributed by atoms with Crippen LogP contribution in [0.2, 0.25) is 0 Å². The van der Waals surface area contributed by atoms with E-state index >= 15 is 0 Å². The first-order chi connectivity index (χ1) is 14.4. The molecule has 1 fully saturated rings. The molecule has 0 spiro atoms. The number of allylic oxidation sites excluding steroid dienone is 2. The molecule has 0 aromatic heterocycles. The van der Waals surface area contributed by atoms with Crippen LogP contribution in [0, 0.1) is 5.92 Å². The van der Waals surface area contributed by atoms with Crippen LogP contribution >= 0.6 is 0 Å². The van der Waals surface area contributed by atoms with Crippen LogP contribution in [0.4, 0.5) is 0 Å². The molecule has 1 heteroatoms. The van der Waals surface area contributed by atoms with Crippen molar-refractivity contribution in [3.63, 3.8) is 0 Å². The van der Waals surface area contributed by atoms with Crippen molar-refractivity contribution in [2.45, 2.75) is 19.3 Å². The second-order valence-electron chi connectivity index (χ2n) is 7.53. The monoisotopic (exact) mass is 380 g/mol. The van der Waals surface area contributed by atoms with Crippen molar-refractivity contribution in [1.82, 2.24) is 0 Å². The van der Waals surface area contributed by atoms with Crippen molar-refractivity contribution < 1.29 is 4.74 Å². The summed E-state index contributed by atoms with van der Waals surface area (Å²) < 4.78 is 5.91. The lowest BCUT2D eigenvalue weighted by molar-refractivity contribution is 0.195. The van der Waals surface area contributed by atoms with Gasteiger partial charge >= 0.3 is 0 Å². The van der Waals surface area contributed by atoms with E-state index in [4.69, 9.17) is 4.74 Å². The molecule has 3 aromatic rings. The Labute approximate surface area is 174 Å². The Balaban J connectivity index is 1.67. The van der Waals surface area contributed by atoms with E-state index in [1.165, 1.54) is 27.8 Å². The largest absolute Gasteiger partial charge is 0.376 e. The molecule has 1 nitrogen and oxygen atoms in total. The Bertz CT molecular complexity index is 915. The van der Waals surface area contributed by atoms with E-state index in [1.807, 2.05) is 0 Å². The molecular formula is C28H28O. The van der Waals surface area contributed by atoms with Crippen LogP contribution < -0.4 is 0 Å². The molecule has 1 unspecified atom stereocenters. The Morgan fingerprint density at radius 3 is 1.97 bits per heavy atom. The average Bonchev–Trinajstić information content (AvgIpc) is 3.25. The van der Waals surface area contributed by atoms with E-state index in [1.54, 1.807) is 0 Å². The van der Waals surface area contributed by atoms with Crippen molar-refractivity contribution >= 4 is 5.57 Å². The molecule has 0 amide bonds. The molecule has 1 saturated heterocycles. The smallest absolute Gasteiger partial charge is 0.0689 e. The maximum atomic E-state index is 5.91. The lowest BCUT2D eigenvalue weighted by atomic mass is 9.87. The summed E-state index contributed by atoms with van der Waals surface area (Å²) >= 11 is 0. The van der Waals surface area contributed by atoms with E-state index in [2.05, 4.69) is 110 Å². The molecule has 0 radical (unpaired) electrons. The number of ether oxygens (including phenoxy) is 1. The van der Waals surface area contributed by atoms with Crippen molar-refractivity contribution in [3.05, 3.63) is 125 Å². The van der Waals surface area contributed by atoms with Gasteiger partial charge in [0.2, 0.25) is 0 Å². The third kappa shape index (κ3) is 4.58. The highest BCUT2D eigenvalue weighted by molar-refractivity contribution is 5.70. The zero-order chi connectivity index (χ0) is 19.9. The summed E-state index contributed by atoms with van der Waals surface area (Å²) in [5.74, 6) is 0.584. The predicted octanol–water partition coefficient (Wildman–Crippen LogP) is 6.88. The van der Waals surface area contributed by atoms with E-state index in [9.17, 15) is 0 Å². The Hall–Kier alpha value is -2.90. The molecule has 29 heavy (non-hydrogen) atoms. The molecular weight excluding hydrogens is 352 g/mol. The molecule has 0 saturated carbocycles. The lowest BCUT2D eigenvalue weighted by Gasteiger charge is -2.16. The zero-order valence-corrected chi connectivity index (χ0v) is 17.0. The van der Waals surface area contributed by atoms with Crippen molar-refractivity contribution in [3.8, 4) is 0 Å². The fraction of sp³-hybridized carbons (Fsp3) is 0.214. The number of hydrogen-bond acceptors (Lipinski definition) is 1. The Morgan fingerprint density at radius 2 is 1.41 bits per heavy atom.